The van der Waals surface area contributed by atoms with Gasteiger partial charge >= 0.3 is 0 Å². The van der Waals surface area contributed by atoms with Gasteiger partial charge in [0, 0.05) is 22.9 Å². The van der Waals surface area contributed by atoms with Crippen molar-refractivity contribution in [3.63, 3.8) is 0 Å². The zero-order valence-corrected chi connectivity index (χ0v) is 18.5. The lowest BCUT2D eigenvalue weighted by Crippen LogP contribution is -2.43. The van der Waals surface area contributed by atoms with E-state index in [9.17, 15) is 14.4 Å². The normalized spacial score (nSPS) is 11.2. The maximum atomic E-state index is 12.9. The third kappa shape index (κ3) is 3.79. The topological polar surface area (TPSA) is 106 Å². The van der Waals surface area contributed by atoms with Gasteiger partial charge in [0.2, 0.25) is 5.91 Å². The number of nitrogens with zero attached hydrogens (tertiary/aromatic N) is 2. The van der Waals surface area contributed by atoms with E-state index in [0.29, 0.717) is 29.3 Å². The Bertz CT molecular complexity index is 1620. The lowest BCUT2D eigenvalue weighted by atomic mass is 10.0. The molecule has 3 aromatic carbocycles. The van der Waals surface area contributed by atoms with Crippen molar-refractivity contribution in [1.82, 2.24) is 20.6 Å². The molecule has 0 aliphatic carbocycles. The molecule has 0 spiro atoms. The Labute approximate surface area is 194 Å². The molecule has 0 fully saturated rings. The van der Waals surface area contributed by atoms with Gasteiger partial charge in [0.1, 0.15) is 5.58 Å². The van der Waals surface area contributed by atoms with Crippen LogP contribution in [0.3, 0.4) is 0 Å². The Morgan fingerprint density at radius 1 is 0.941 bits per heavy atom. The molecular formula is C26H22N4O4. The highest BCUT2D eigenvalue weighted by molar-refractivity contribution is 6.09. The van der Waals surface area contributed by atoms with Crippen LogP contribution in [0.5, 0.6) is 0 Å². The quantitative estimate of drug-likeness (QED) is 0.394. The summed E-state index contributed by atoms with van der Waals surface area (Å²) in [6, 6.07) is 18.5. The van der Waals surface area contributed by atoms with Gasteiger partial charge in [0.05, 0.1) is 18.1 Å². The summed E-state index contributed by atoms with van der Waals surface area (Å²) < 4.78 is 6.92. The number of aryl methyl sites for hydroxylation is 1. The fourth-order valence-corrected chi connectivity index (χ4v) is 4.17. The van der Waals surface area contributed by atoms with Crippen LogP contribution in [-0.2, 0) is 17.8 Å². The largest absolute Gasteiger partial charge is 0.464 e. The van der Waals surface area contributed by atoms with Gasteiger partial charge in [-0.15, -0.1) is 0 Å². The van der Waals surface area contributed by atoms with Crippen molar-refractivity contribution in [2.24, 2.45) is 0 Å². The first kappa shape index (κ1) is 21.4. The number of hydrogen-bond donors (Lipinski definition) is 2. The maximum Gasteiger partial charge on any atom is 0.290 e. The van der Waals surface area contributed by atoms with Crippen molar-refractivity contribution in [1.29, 1.82) is 0 Å². The highest BCUT2D eigenvalue weighted by Gasteiger charge is 2.18. The van der Waals surface area contributed by atoms with E-state index in [4.69, 9.17) is 4.42 Å². The second kappa shape index (κ2) is 8.82. The summed E-state index contributed by atoms with van der Waals surface area (Å²) in [5.74, 6) is -1.01. The van der Waals surface area contributed by atoms with Crippen LogP contribution in [0, 0.1) is 0 Å². The van der Waals surface area contributed by atoms with Gasteiger partial charge in [-0.1, -0.05) is 55.5 Å². The highest BCUT2D eigenvalue weighted by Crippen LogP contribution is 2.30. The molecule has 2 heterocycles. The molecule has 2 aromatic heterocycles. The van der Waals surface area contributed by atoms with Crippen molar-refractivity contribution in [3.8, 4) is 0 Å². The number of carbonyl (C=O) groups is 2. The molecule has 0 atom stereocenters. The van der Waals surface area contributed by atoms with E-state index < -0.39 is 11.8 Å². The van der Waals surface area contributed by atoms with Gasteiger partial charge in [-0.2, -0.15) is 5.10 Å². The summed E-state index contributed by atoms with van der Waals surface area (Å²) in [5.41, 5.74) is 6.12. The number of benzene rings is 3. The van der Waals surface area contributed by atoms with E-state index >= 15 is 0 Å². The molecule has 0 radical (unpaired) electrons. The minimum atomic E-state index is -0.600. The number of amides is 2. The number of aromatic nitrogens is 2. The molecule has 5 aromatic rings. The molecule has 0 aliphatic heterocycles. The molecule has 5 rings (SSSR count). The van der Waals surface area contributed by atoms with Crippen molar-refractivity contribution >= 4 is 44.3 Å². The molecular weight excluding hydrogens is 432 g/mol. The van der Waals surface area contributed by atoms with E-state index in [1.807, 2.05) is 43.3 Å². The molecule has 8 nitrogen and oxygen atoms in total. The van der Waals surface area contributed by atoms with Crippen molar-refractivity contribution in [2.75, 3.05) is 0 Å². The summed E-state index contributed by atoms with van der Waals surface area (Å²) in [6.45, 7) is 2.31. The molecule has 0 aliphatic rings. The van der Waals surface area contributed by atoms with Crippen LogP contribution in [0.2, 0.25) is 0 Å². The van der Waals surface area contributed by atoms with E-state index in [-0.39, 0.29) is 17.7 Å². The van der Waals surface area contributed by atoms with E-state index in [1.54, 1.807) is 30.5 Å². The first-order valence-electron chi connectivity index (χ1n) is 11.0. The Hall–Kier alpha value is -4.46. The molecule has 2 N–H and O–H groups in total. The second-order valence-corrected chi connectivity index (χ2v) is 8.02. The fourth-order valence-electron chi connectivity index (χ4n) is 4.17. The van der Waals surface area contributed by atoms with Crippen LogP contribution in [0.1, 0.15) is 29.4 Å². The Kier molecular flexibility index (Phi) is 5.55. The van der Waals surface area contributed by atoms with E-state index in [1.165, 1.54) is 4.68 Å². The minimum Gasteiger partial charge on any atom is -0.464 e. The molecule has 8 heteroatoms. The zero-order valence-electron chi connectivity index (χ0n) is 18.5. The monoisotopic (exact) mass is 454 g/mol. The number of nitrogens with one attached hydrogen (secondary N) is 2. The minimum absolute atomic E-state index is 0.0186. The predicted octanol–water partition coefficient (Wildman–Crippen LogP) is 3.71. The van der Waals surface area contributed by atoms with Gasteiger partial charge in [-0.3, -0.25) is 25.2 Å². The van der Waals surface area contributed by atoms with Gasteiger partial charge < -0.3 is 4.42 Å². The summed E-state index contributed by atoms with van der Waals surface area (Å²) in [6.07, 6.45) is 2.27. The average molecular weight is 454 g/mol. The van der Waals surface area contributed by atoms with Gasteiger partial charge in [0.25, 0.3) is 11.5 Å². The number of carbonyl (C=O) groups excluding carboxylic acids is 2. The van der Waals surface area contributed by atoms with E-state index in [2.05, 4.69) is 16.0 Å². The summed E-state index contributed by atoms with van der Waals surface area (Å²) in [5, 5.41) is 7.99. The fraction of sp³-hybridized carbons (Fsp3) is 0.154. The maximum absolute atomic E-state index is 12.9. The van der Waals surface area contributed by atoms with Crippen LogP contribution in [0.25, 0.3) is 32.5 Å². The van der Waals surface area contributed by atoms with Gasteiger partial charge in [0.15, 0.2) is 5.69 Å². The summed E-state index contributed by atoms with van der Waals surface area (Å²) >= 11 is 0. The third-order valence-electron chi connectivity index (χ3n) is 5.72. The SMILES string of the molecule is CCCn1nc(C(=O)NNC(=O)Cc2coc3ccc4ccccc4c23)c2ccccc2c1=O. The van der Waals surface area contributed by atoms with Crippen molar-refractivity contribution < 1.29 is 14.0 Å². The molecule has 170 valence electrons. The number of hydrogen-bond acceptors (Lipinski definition) is 5. The zero-order chi connectivity index (χ0) is 23.7. The van der Waals surface area contributed by atoms with Crippen LogP contribution >= 0.6 is 0 Å². The molecule has 2 amide bonds. The first-order valence-corrected chi connectivity index (χ1v) is 11.0. The summed E-state index contributed by atoms with van der Waals surface area (Å²) in [4.78, 5) is 38.2. The van der Waals surface area contributed by atoms with Crippen LogP contribution < -0.4 is 16.4 Å². The first-order chi connectivity index (χ1) is 16.6. The molecule has 0 unspecified atom stereocenters. The third-order valence-corrected chi connectivity index (χ3v) is 5.72. The molecule has 0 bridgehead atoms. The molecule has 0 saturated carbocycles. The average Bonchev–Trinajstić information content (AvgIpc) is 3.27. The van der Waals surface area contributed by atoms with Gasteiger partial charge in [-0.25, -0.2) is 4.68 Å². The number of furan rings is 1. The lowest BCUT2D eigenvalue weighted by molar-refractivity contribution is -0.121. The van der Waals surface area contributed by atoms with Crippen LogP contribution in [0.15, 0.2) is 76.1 Å². The summed E-state index contributed by atoms with van der Waals surface area (Å²) in [7, 11) is 0. The Morgan fingerprint density at radius 2 is 1.68 bits per heavy atom. The number of rotatable bonds is 5. The van der Waals surface area contributed by atoms with E-state index in [0.717, 1.165) is 21.7 Å². The van der Waals surface area contributed by atoms with Crippen LogP contribution in [0.4, 0.5) is 0 Å². The number of hydrazine groups is 1. The van der Waals surface area contributed by atoms with Gasteiger partial charge in [-0.05, 0) is 29.3 Å². The standard InChI is InChI=1S/C26H22N4O4/c1-2-13-30-26(33)20-10-6-5-9-19(20)24(29-30)25(32)28-27-22(31)14-17-15-34-21-12-11-16-7-3-4-8-18(16)23(17)21/h3-12,15H,2,13-14H2,1H3,(H,27,31)(H,28,32). The lowest BCUT2D eigenvalue weighted by Gasteiger charge is -2.11. The Balaban J connectivity index is 1.37. The molecule has 34 heavy (non-hydrogen) atoms. The highest BCUT2D eigenvalue weighted by atomic mass is 16.3. The van der Waals surface area contributed by atoms with Crippen molar-refractivity contribution in [2.45, 2.75) is 26.3 Å². The van der Waals surface area contributed by atoms with Crippen LogP contribution in [-0.4, -0.2) is 21.6 Å². The smallest absolute Gasteiger partial charge is 0.290 e. The molecule has 0 saturated heterocycles. The Morgan fingerprint density at radius 3 is 2.47 bits per heavy atom. The number of fused-ring (bicyclic) bond motifs is 4. The predicted molar refractivity (Wildman–Crippen MR) is 129 cm³/mol. The van der Waals surface area contributed by atoms with Crippen molar-refractivity contribution in [3.05, 3.63) is 88.5 Å². The second-order valence-electron chi connectivity index (χ2n) is 8.02.